The summed E-state index contributed by atoms with van der Waals surface area (Å²) in [4.78, 5) is 17.8. The summed E-state index contributed by atoms with van der Waals surface area (Å²) < 4.78 is 4.65. The molecule has 0 radical (unpaired) electrons. The van der Waals surface area contributed by atoms with E-state index < -0.39 is 0 Å². The van der Waals surface area contributed by atoms with Crippen LogP contribution >= 0.6 is 24.0 Å². The number of carbonyl (C=O) groups is 1. The topological polar surface area (TPSA) is 53.9 Å². The average molecular weight is 409 g/mol. The van der Waals surface area contributed by atoms with Gasteiger partial charge < -0.3 is 15.0 Å². The summed E-state index contributed by atoms with van der Waals surface area (Å²) in [6.45, 7) is 2.78. The lowest BCUT2D eigenvalue weighted by atomic mass is 9.73. The molecule has 2 fully saturated rings. The Hall–Kier alpha value is -0.530. The lowest BCUT2D eigenvalue weighted by Crippen LogP contribution is -2.42. The maximum Gasteiger partial charge on any atom is 0.307 e. The van der Waals surface area contributed by atoms with E-state index in [4.69, 9.17) is 0 Å². The molecular weight excluding hydrogens is 381 g/mol. The van der Waals surface area contributed by atoms with Crippen molar-refractivity contribution in [3.05, 3.63) is 0 Å². The average Bonchev–Trinajstić information content (AvgIpc) is 2.87. The fourth-order valence-electron chi connectivity index (χ4n) is 3.54. The molecule has 1 spiro atoms. The molecule has 21 heavy (non-hydrogen) atoms. The van der Waals surface area contributed by atoms with Gasteiger partial charge in [0.15, 0.2) is 5.96 Å². The van der Waals surface area contributed by atoms with Gasteiger partial charge in [0.25, 0.3) is 0 Å². The second-order valence-electron chi connectivity index (χ2n) is 6.03. The van der Waals surface area contributed by atoms with Crippen LogP contribution in [0.1, 0.15) is 44.9 Å². The second-order valence-corrected chi connectivity index (χ2v) is 6.03. The van der Waals surface area contributed by atoms with Gasteiger partial charge in [0, 0.05) is 26.7 Å². The number of halogens is 1. The Kier molecular flexibility index (Phi) is 7.76. The molecule has 122 valence electrons. The molecule has 1 saturated carbocycles. The molecule has 2 rings (SSSR count). The molecule has 2 aliphatic rings. The molecule has 1 aliphatic heterocycles. The Morgan fingerprint density at radius 3 is 2.62 bits per heavy atom. The van der Waals surface area contributed by atoms with Crippen LogP contribution in [0.2, 0.25) is 0 Å². The predicted octanol–water partition coefficient (Wildman–Crippen LogP) is 2.40. The van der Waals surface area contributed by atoms with Crippen molar-refractivity contribution in [1.82, 2.24) is 10.2 Å². The number of ether oxygens (including phenoxy) is 1. The number of hydrogen-bond acceptors (Lipinski definition) is 3. The zero-order valence-corrected chi connectivity index (χ0v) is 15.5. The van der Waals surface area contributed by atoms with Crippen molar-refractivity contribution in [2.24, 2.45) is 10.4 Å². The zero-order chi connectivity index (χ0) is 14.4. The normalized spacial score (nSPS) is 21.0. The first-order valence-corrected chi connectivity index (χ1v) is 7.71. The monoisotopic (exact) mass is 409 g/mol. The van der Waals surface area contributed by atoms with Crippen LogP contribution in [0.4, 0.5) is 0 Å². The molecule has 1 aliphatic carbocycles. The van der Waals surface area contributed by atoms with Crippen molar-refractivity contribution in [2.45, 2.75) is 44.9 Å². The first-order chi connectivity index (χ1) is 9.69. The van der Waals surface area contributed by atoms with Crippen LogP contribution in [0.5, 0.6) is 0 Å². The minimum absolute atomic E-state index is 0. The molecule has 1 heterocycles. The standard InChI is InChI=1S/C15H27N3O2.HI/c1-16-14(17-10-6-13(19)20-2)18-11-9-15(12-18)7-4-3-5-8-15;/h3-12H2,1-2H3,(H,16,17);1H. The number of esters is 1. The van der Waals surface area contributed by atoms with Crippen molar-refractivity contribution >= 4 is 35.9 Å². The number of hydrogen-bond donors (Lipinski definition) is 1. The highest BCUT2D eigenvalue weighted by atomic mass is 127. The highest BCUT2D eigenvalue weighted by Crippen LogP contribution is 2.43. The minimum atomic E-state index is -0.182. The van der Waals surface area contributed by atoms with Gasteiger partial charge in [0.1, 0.15) is 0 Å². The van der Waals surface area contributed by atoms with E-state index in [9.17, 15) is 4.79 Å². The first-order valence-electron chi connectivity index (χ1n) is 7.71. The van der Waals surface area contributed by atoms with Crippen molar-refractivity contribution in [2.75, 3.05) is 33.8 Å². The Morgan fingerprint density at radius 2 is 2.00 bits per heavy atom. The van der Waals surface area contributed by atoms with Gasteiger partial charge in [-0.05, 0) is 24.7 Å². The molecule has 6 heteroatoms. The number of guanidine groups is 1. The SMILES string of the molecule is CN=C(NCCC(=O)OC)N1CCC2(CCCCC2)C1.I. The maximum absolute atomic E-state index is 11.1. The Bertz CT molecular complexity index is 368. The number of methoxy groups -OCH3 is 1. The molecule has 0 aromatic rings. The van der Waals surface area contributed by atoms with E-state index in [0.29, 0.717) is 18.4 Å². The fourth-order valence-corrected chi connectivity index (χ4v) is 3.54. The van der Waals surface area contributed by atoms with Crippen LogP contribution < -0.4 is 5.32 Å². The Labute approximate surface area is 144 Å². The molecule has 0 unspecified atom stereocenters. The van der Waals surface area contributed by atoms with Crippen LogP contribution in [0.3, 0.4) is 0 Å². The number of carbonyl (C=O) groups excluding carboxylic acids is 1. The van der Waals surface area contributed by atoms with Gasteiger partial charge in [-0.3, -0.25) is 9.79 Å². The lowest BCUT2D eigenvalue weighted by molar-refractivity contribution is -0.140. The molecule has 1 saturated heterocycles. The van der Waals surface area contributed by atoms with Crippen molar-refractivity contribution in [1.29, 1.82) is 0 Å². The molecule has 1 N–H and O–H groups in total. The fraction of sp³-hybridized carbons (Fsp3) is 0.867. The molecule has 0 aromatic heterocycles. The molecule has 0 amide bonds. The summed E-state index contributed by atoms with van der Waals surface area (Å²) in [5, 5.41) is 3.27. The van der Waals surface area contributed by atoms with E-state index in [1.54, 1.807) is 0 Å². The van der Waals surface area contributed by atoms with E-state index in [1.807, 2.05) is 7.05 Å². The Morgan fingerprint density at radius 1 is 1.29 bits per heavy atom. The van der Waals surface area contributed by atoms with Crippen LogP contribution in [0.15, 0.2) is 4.99 Å². The van der Waals surface area contributed by atoms with Gasteiger partial charge >= 0.3 is 5.97 Å². The molecule has 5 nitrogen and oxygen atoms in total. The van der Waals surface area contributed by atoms with Gasteiger partial charge in [0.2, 0.25) is 0 Å². The third-order valence-corrected chi connectivity index (χ3v) is 4.70. The molecule has 0 atom stereocenters. The van der Waals surface area contributed by atoms with E-state index >= 15 is 0 Å². The number of aliphatic imine (C=N–C) groups is 1. The number of likely N-dealkylation sites (tertiary alicyclic amines) is 1. The highest BCUT2D eigenvalue weighted by Gasteiger charge is 2.39. The molecule has 0 bridgehead atoms. The second kappa shape index (κ2) is 8.80. The van der Waals surface area contributed by atoms with Crippen LogP contribution in [-0.2, 0) is 9.53 Å². The van der Waals surface area contributed by atoms with E-state index in [1.165, 1.54) is 45.6 Å². The van der Waals surface area contributed by atoms with Crippen LogP contribution in [0, 0.1) is 5.41 Å². The van der Waals surface area contributed by atoms with Gasteiger partial charge in [0.05, 0.1) is 13.5 Å². The van der Waals surface area contributed by atoms with Crippen molar-refractivity contribution in [3.8, 4) is 0 Å². The number of nitrogens with zero attached hydrogens (tertiary/aromatic N) is 2. The van der Waals surface area contributed by atoms with Gasteiger partial charge in [-0.2, -0.15) is 0 Å². The highest BCUT2D eigenvalue weighted by molar-refractivity contribution is 14.0. The summed E-state index contributed by atoms with van der Waals surface area (Å²) in [7, 11) is 3.23. The minimum Gasteiger partial charge on any atom is -0.469 e. The molecular formula is C15H28IN3O2. The smallest absolute Gasteiger partial charge is 0.307 e. The maximum atomic E-state index is 11.1. The van der Waals surface area contributed by atoms with Crippen molar-refractivity contribution < 1.29 is 9.53 Å². The molecule has 0 aromatic carbocycles. The lowest BCUT2D eigenvalue weighted by Gasteiger charge is -2.33. The van der Waals surface area contributed by atoms with E-state index in [0.717, 1.165) is 19.0 Å². The third-order valence-electron chi connectivity index (χ3n) is 4.70. The van der Waals surface area contributed by atoms with E-state index in [2.05, 4.69) is 19.9 Å². The quantitative estimate of drug-likeness (QED) is 0.337. The first kappa shape index (κ1) is 18.5. The summed E-state index contributed by atoms with van der Waals surface area (Å²) >= 11 is 0. The number of rotatable bonds is 3. The third kappa shape index (κ3) is 5.00. The summed E-state index contributed by atoms with van der Waals surface area (Å²) in [6.07, 6.45) is 8.54. The summed E-state index contributed by atoms with van der Waals surface area (Å²) in [5.41, 5.74) is 0.526. The number of nitrogens with one attached hydrogen (secondary N) is 1. The van der Waals surface area contributed by atoms with Gasteiger partial charge in [-0.25, -0.2) is 0 Å². The predicted molar refractivity (Wildman–Crippen MR) is 95.1 cm³/mol. The van der Waals surface area contributed by atoms with Crippen molar-refractivity contribution in [3.63, 3.8) is 0 Å². The summed E-state index contributed by atoms with van der Waals surface area (Å²) in [5.74, 6) is 0.745. The van der Waals surface area contributed by atoms with Gasteiger partial charge in [-0.15, -0.1) is 24.0 Å². The van der Waals surface area contributed by atoms with Gasteiger partial charge in [-0.1, -0.05) is 19.3 Å². The van der Waals surface area contributed by atoms with Crippen LogP contribution in [-0.4, -0.2) is 50.6 Å². The Balaban J connectivity index is 0.00000220. The van der Waals surface area contributed by atoms with E-state index in [-0.39, 0.29) is 29.9 Å². The zero-order valence-electron chi connectivity index (χ0n) is 13.2. The summed E-state index contributed by atoms with van der Waals surface area (Å²) in [6, 6.07) is 0. The van der Waals surface area contributed by atoms with Crippen LogP contribution in [0.25, 0.3) is 0 Å². The largest absolute Gasteiger partial charge is 0.469 e.